The lowest BCUT2D eigenvalue weighted by molar-refractivity contribution is -0.349. The Bertz CT molecular complexity index is 1550. The Morgan fingerprint density at radius 2 is 1.55 bits per heavy atom. The minimum atomic E-state index is -1.97. The van der Waals surface area contributed by atoms with Crippen molar-refractivity contribution >= 4 is 11.0 Å². The molecule has 0 spiro atoms. The van der Waals surface area contributed by atoms with Crippen LogP contribution in [-0.2, 0) is 14.2 Å². The minimum absolute atomic E-state index is 0.0151. The van der Waals surface area contributed by atoms with Gasteiger partial charge in [-0.05, 0) is 25.1 Å². The molecule has 240 valence electrons. The first-order chi connectivity index (χ1) is 20.9. The van der Waals surface area contributed by atoms with E-state index in [1.165, 1.54) is 32.2 Å². The molecule has 16 heteroatoms. The van der Waals surface area contributed by atoms with E-state index in [0.717, 1.165) is 12.1 Å². The molecular formula is C28H32O16. The lowest BCUT2D eigenvalue weighted by atomic mass is 9.97. The zero-order valence-corrected chi connectivity index (χ0v) is 23.3. The van der Waals surface area contributed by atoms with Crippen molar-refractivity contribution in [3.05, 3.63) is 40.6 Å². The van der Waals surface area contributed by atoms with Crippen LogP contribution in [0.5, 0.6) is 28.7 Å². The van der Waals surface area contributed by atoms with Gasteiger partial charge in [-0.15, -0.1) is 0 Å². The highest BCUT2D eigenvalue weighted by Gasteiger charge is 2.51. The fourth-order valence-corrected chi connectivity index (χ4v) is 5.10. The number of benzene rings is 2. The molecule has 5 rings (SSSR count). The smallest absolute Gasteiger partial charge is 0.239 e. The maximum absolute atomic E-state index is 13.7. The number of aromatic hydroxyl groups is 3. The second-order valence-electron chi connectivity index (χ2n) is 10.4. The zero-order valence-electron chi connectivity index (χ0n) is 23.3. The summed E-state index contributed by atoms with van der Waals surface area (Å²) in [5.74, 6) is -2.28. The quantitative estimate of drug-likeness (QED) is 0.147. The van der Waals surface area contributed by atoms with Crippen molar-refractivity contribution in [1.29, 1.82) is 0 Å². The molecule has 3 heterocycles. The maximum Gasteiger partial charge on any atom is 0.239 e. The first-order valence-electron chi connectivity index (χ1n) is 13.4. The van der Waals surface area contributed by atoms with Gasteiger partial charge in [-0.3, -0.25) is 4.79 Å². The van der Waals surface area contributed by atoms with Gasteiger partial charge < -0.3 is 74.1 Å². The van der Waals surface area contributed by atoms with E-state index < -0.39 is 96.1 Å². The molecule has 0 saturated carbocycles. The highest BCUT2D eigenvalue weighted by molar-refractivity contribution is 5.88. The SMILES string of the molecule is COc1cc(-c2oc3cc(O)cc(O)c3c(=O)c2O[C@H]2O[C@@H](CO)[C@H](O[C@@H]3O[C@H](C)[C@@H](O)[C@H](O)[C@@H]3O)[C@@H](O)[C@H]2O)ccc1O. The summed E-state index contributed by atoms with van der Waals surface area (Å²) < 4.78 is 33.3. The Labute approximate surface area is 248 Å². The van der Waals surface area contributed by atoms with Crippen LogP contribution in [0.15, 0.2) is 39.5 Å². The van der Waals surface area contributed by atoms with Crippen LogP contribution in [0.25, 0.3) is 22.3 Å². The second-order valence-corrected chi connectivity index (χ2v) is 10.4. The van der Waals surface area contributed by atoms with E-state index in [1.54, 1.807) is 0 Å². The molecule has 3 aromatic rings. The molecule has 1 aromatic heterocycles. The normalized spacial score (nSPS) is 32.5. The predicted molar refractivity (Wildman–Crippen MR) is 145 cm³/mol. The number of phenolic OH excluding ortho intramolecular Hbond substituents is 3. The van der Waals surface area contributed by atoms with Crippen LogP contribution < -0.4 is 14.9 Å². The number of ether oxygens (including phenoxy) is 5. The molecule has 2 fully saturated rings. The molecule has 16 nitrogen and oxygen atoms in total. The van der Waals surface area contributed by atoms with Gasteiger partial charge >= 0.3 is 0 Å². The summed E-state index contributed by atoms with van der Waals surface area (Å²) in [6, 6.07) is 5.83. The van der Waals surface area contributed by atoms with Crippen LogP contribution in [0.3, 0.4) is 0 Å². The Morgan fingerprint density at radius 3 is 2.23 bits per heavy atom. The number of methoxy groups -OCH3 is 1. The minimum Gasteiger partial charge on any atom is -0.508 e. The van der Waals surface area contributed by atoms with Crippen LogP contribution in [0.1, 0.15) is 6.92 Å². The number of aliphatic hydroxyl groups is 6. The van der Waals surface area contributed by atoms with Crippen molar-refractivity contribution in [2.24, 2.45) is 0 Å². The van der Waals surface area contributed by atoms with Crippen molar-refractivity contribution < 1.29 is 74.1 Å². The van der Waals surface area contributed by atoms with Gasteiger partial charge in [0.15, 0.2) is 23.5 Å². The Balaban J connectivity index is 1.51. The van der Waals surface area contributed by atoms with Crippen LogP contribution >= 0.6 is 0 Å². The van der Waals surface area contributed by atoms with Gasteiger partial charge in [0, 0.05) is 17.7 Å². The third kappa shape index (κ3) is 5.63. The fraction of sp³-hybridized carbons (Fsp3) is 0.464. The topological polar surface area (TPSA) is 258 Å². The third-order valence-electron chi connectivity index (χ3n) is 7.51. The number of rotatable bonds is 7. The van der Waals surface area contributed by atoms with Crippen molar-refractivity contribution in [2.45, 2.75) is 68.3 Å². The van der Waals surface area contributed by atoms with Crippen LogP contribution in [0.2, 0.25) is 0 Å². The van der Waals surface area contributed by atoms with Crippen molar-refractivity contribution in [2.75, 3.05) is 13.7 Å². The average Bonchev–Trinajstić information content (AvgIpc) is 2.99. The van der Waals surface area contributed by atoms with Gasteiger partial charge in [0.2, 0.25) is 17.5 Å². The molecule has 9 N–H and O–H groups in total. The van der Waals surface area contributed by atoms with Gasteiger partial charge in [-0.1, -0.05) is 0 Å². The van der Waals surface area contributed by atoms with E-state index in [9.17, 15) is 50.8 Å². The maximum atomic E-state index is 13.7. The number of fused-ring (bicyclic) bond motifs is 1. The monoisotopic (exact) mass is 624 g/mol. The lowest BCUT2D eigenvalue weighted by Gasteiger charge is -2.45. The zero-order chi connectivity index (χ0) is 32.0. The Hall–Kier alpha value is -3.71. The third-order valence-corrected chi connectivity index (χ3v) is 7.51. The molecule has 44 heavy (non-hydrogen) atoms. The van der Waals surface area contributed by atoms with Gasteiger partial charge in [-0.25, -0.2) is 0 Å². The first-order valence-corrected chi connectivity index (χ1v) is 13.4. The highest BCUT2D eigenvalue weighted by Crippen LogP contribution is 2.40. The van der Waals surface area contributed by atoms with Gasteiger partial charge in [0.05, 0.1) is 19.8 Å². The molecule has 10 atom stereocenters. The van der Waals surface area contributed by atoms with Crippen molar-refractivity contribution in [3.8, 4) is 40.1 Å². The summed E-state index contributed by atoms with van der Waals surface area (Å²) in [6.45, 7) is 0.577. The van der Waals surface area contributed by atoms with E-state index in [-0.39, 0.29) is 28.4 Å². The molecule has 0 aliphatic carbocycles. The highest BCUT2D eigenvalue weighted by atomic mass is 16.7. The molecule has 2 saturated heterocycles. The molecule has 2 aliphatic heterocycles. The molecule has 0 amide bonds. The van der Waals surface area contributed by atoms with Gasteiger partial charge in [0.25, 0.3) is 0 Å². The molecule has 0 unspecified atom stereocenters. The van der Waals surface area contributed by atoms with E-state index >= 15 is 0 Å². The number of phenols is 3. The fourth-order valence-electron chi connectivity index (χ4n) is 5.10. The average molecular weight is 625 g/mol. The predicted octanol–water partition coefficient (Wildman–Crippen LogP) is -1.38. The molecular weight excluding hydrogens is 592 g/mol. The van der Waals surface area contributed by atoms with Crippen molar-refractivity contribution in [3.63, 3.8) is 0 Å². The Morgan fingerprint density at radius 1 is 0.841 bits per heavy atom. The summed E-state index contributed by atoms with van der Waals surface area (Å²) >= 11 is 0. The molecule has 2 aromatic carbocycles. The summed E-state index contributed by atoms with van der Waals surface area (Å²) in [5, 5.41) is 92.4. The number of hydrogen-bond acceptors (Lipinski definition) is 16. The van der Waals surface area contributed by atoms with Crippen LogP contribution in [0, 0.1) is 0 Å². The summed E-state index contributed by atoms with van der Waals surface area (Å²) in [7, 11) is 1.28. The van der Waals surface area contributed by atoms with Gasteiger partial charge in [0.1, 0.15) is 65.2 Å². The number of aliphatic hydroxyl groups excluding tert-OH is 6. The Kier molecular flexibility index (Phi) is 8.90. The van der Waals surface area contributed by atoms with E-state index in [0.29, 0.717) is 0 Å². The van der Waals surface area contributed by atoms with Gasteiger partial charge in [-0.2, -0.15) is 0 Å². The van der Waals surface area contributed by atoms with Crippen molar-refractivity contribution in [1.82, 2.24) is 0 Å². The van der Waals surface area contributed by atoms with Crippen LogP contribution in [-0.4, -0.2) is 121 Å². The lowest BCUT2D eigenvalue weighted by Crippen LogP contribution is -2.64. The van der Waals surface area contributed by atoms with Crippen LogP contribution in [0.4, 0.5) is 0 Å². The van der Waals surface area contributed by atoms with E-state index in [1.807, 2.05) is 0 Å². The molecule has 0 radical (unpaired) electrons. The molecule has 0 bridgehead atoms. The van der Waals surface area contributed by atoms with E-state index in [4.69, 9.17) is 28.1 Å². The summed E-state index contributed by atoms with van der Waals surface area (Å²) in [5.41, 5.74) is -1.11. The molecule has 2 aliphatic rings. The first kappa shape index (κ1) is 31.7. The summed E-state index contributed by atoms with van der Waals surface area (Å²) in [4.78, 5) is 13.7. The number of hydrogen-bond donors (Lipinski definition) is 9. The summed E-state index contributed by atoms with van der Waals surface area (Å²) in [6.07, 6.45) is -16.2. The second kappa shape index (κ2) is 12.4. The van der Waals surface area contributed by atoms with E-state index in [2.05, 4.69) is 0 Å². The standard InChI is InChI=1S/C28H32O16/c1-9-18(33)20(35)22(37)27(40-9)43-25-16(8-29)42-28(23(38)21(25)36)44-26-19(34)17-13(32)6-11(30)7-15(17)41-24(26)10-3-4-12(31)14(5-10)39-2/h3-7,9,16,18,20-23,25,27-33,35-38H,8H2,1-2H3/t9-,16+,18-,20+,21+,22+,23-,25+,27+,28-/m1/s1. The largest absolute Gasteiger partial charge is 0.508 e.